The molecular weight excluding hydrogens is 198 g/mol. The quantitative estimate of drug-likeness (QED) is 0.842. The van der Waals surface area contributed by atoms with Crippen LogP contribution in [0.15, 0.2) is 24.4 Å². The van der Waals surface area contributed by atoms with E-state index in [2.05, 4.69) is 22.0 Å². The van der Waals surface area contributed by atoms with Crippen LogP contribution in [0.3, 0.4) is 0 Å². The molecule has 0 aliphatic carbocycles. The maximum atomic E-state index is 5.72. The third-order valence-electron chi connectivity index (χ3n) is 2.80. The topological polar surface area (TPSA) is 42.1 Å². The van der Waals surface area contributed by atoms with Gasteiger partial charge in [-0.2, -0.15) is 0 Å². The first kappa shape index (κ1) is 11.1. The molecule has 0 amide bonds. The highest BCUT2D eigenvalue weighted by atomic mass is 15.2. The van der Waals surface area contributed by atoms with Gasteiger partial charge in [0, 0.05) is 30.9 Å². The number of nitrogens with zero attached hydrogens (tertiary/aromatic N) is 2. The van der Waals surface area contributed by atoms with E-state index in [9.17, 15) is 0 Å². The molecule has 1 aromatic rings. The van der Waals surface area contributed by atoms with Crippen molar-refractivity contribution < 1.29 is 0 Å². The van der Waals surface area contributed by atoms with E-state index in [0.717, 1.165) is 18.9 Å². The van der Waals surface area contributed by atoms with Crippen molar-refractivity contribution in [2.24, 2.45) is 5.73 Å². The molecule has 16 heavy (non-hydrogen) atoms. The van der Waals surface area contributed by atoms with Gasteiger partial charge in [0.1, 0.15) is 5.82 Å². The van der Waals surface area contributed by atoms with E-state index in [4.69, 9.17) is 5.73 Å². The molecule has 0 bridgehead atoms. The Kier molecular flexibility index (Phi) is 3.57. The normalized spacial score (nSPS) is 18.2. The van der Waals surface area contributed by atoms with Gasteiger partial charge in [-0.15, -0.1) is 0 Å². The van der Waals surface area contributed by atoms with Gasteiger partial charge in [0.25, 0.3) is 0 Å². The molecule has 1 aromatic heterocycles. The Bertz CT molecular complexity index is 365. The molecule has 2 heterocycles. The van der Waals surface area contributed by atoms with Crippen molar-refractivity contribution >= 4 is 11.9 Å². The minimum atomic E-state index is 0.0895. The second-order valence-electron chi connectivity index (χ2n) is 4.33. The molecule has 1 aliphatic rings. The third kappa shape index (κ3) is 2.61. The SMILES string of the molecule is CC(N)/C=C/c1cccnc1N1CCCC1. The summed E-state index contributed by atoms with van der Waals surface area (Å²) in [6, 6.07) is 4.16. The van der Waals surface area contributed by atoms with E-state index in [1.54, 1.807) is 0 Å². The summed E-state index contributed by atoms with van der Waals surface area (Å²) in [5.41, 5.74) is 6.89. The third-order valence-corrected chi connectivity index (χ3v) is 2.80. The zero-order chi connectivity index (χ0) is 11.4. The molecule has 0 saturated carbocycles. The van der Waals surface area contributed by atoms with Crippen LogP contribution < -0.4 is 10.6 Å². The average molecular weight is 217 g/mol. The van der Waals surface area contributed by atoms with Gasteiger partial charge in [-0.25, -0.2) is 4.98 Å². The Morgan fingerprint density at radius 2 is 2.19 bits per heavy atom. The molecule has 3 nitrogen and oxygen atoms in total. The van der Waals surface area contributed by atoms with Gasteiger partial charge in [-0.3, -0.25) is 0 Å². The van der Waals surface area contributed by atoms with E-state index in [0.29, 0.717) is 0 Å². The first-order valence-electron chi connectivity index (χ1n) is 5.91. The van der Waals surface area contributed by atoms with Crippen molar-refractivity contribution in [3.05, 3.63) is 30.0 Å². The molecule has 0 aromatic carbocycles. The highest BCUT2D eigenvalue weighted by Gasteiger charge is 2.15. The molecule has 86 valence electrons. The number of aromatic nitrogens is 1. The highest BCUT2D eigenvalue weighted by Crippen LogP contribution is 2.22. The lowest BCUT2D eigenvalue weighted by atomic mass is 10.2. The van der Waals surface area contributed by atoms with Crippen LogP contribution in [0.4, 0.5) is 5.82 Å². The number of pyridine rings is 1. The van der Waals surface area contributed by atoms with Crippen LogP contribution in [0, 0.1) is 0 Å². The van der Waals surface area contributed by atoms with E-state index in [-0.39, 0.29) is 6.04 Å². The van der Waals surface area contributed by atoms with Gasteiger partial charge in [0.05, 0.1) is 0 Å². The molecule has 2 N–H and O–H groups in total. The molecular formula is C13H19N3. The fourth-order valence-corrected chi connectivity index (χ4v) is 1.99. The molecule has 1 atom stereocenters. The number of nitrogens with two attached hydrogens (primary N) is 1. The molecule has 0 radical (unpaired) electrons. The van der Waals surface area contributed by atoms with Crippen molar-refractivity contribution in [3.63, 3.8) is 0 Å². The predicted molar refractivity (Wildman–Crippen MR) is 68.4 cm³/mol. The molecule has 1 saturated heterocycles. The summed E-state index contributed by atoms with van der Waals surface area (Å²) in [6.45, 7) is 4.22. The van der Waals surface area contributed by atoms with Crippen molar-refractivity contribution in [2.75, 3.05) is 18.0 Å². The van der Waals surface area contributed by atoms with Gasteiger partial charge in [-0.05, 0) is 31.9 Å². The van der Waals surface area contributed by atoms with Gasteiger partial charge in [-0.1, -0.05) is 12.2 Å². The second kappa shape index (κ2) is 5.12. The minimum absolute atomic E-state index is 0.0895. The summed E-state index contributed by atoms with van der Waals surface area (Å²) >= 11 is 0. The molecule has 0 spiro atoms. The van der Waals surface area contributed by atoms with Crippen LogP contribution in [-0.4, -0.2) is 24.1 Å². The fraction of sp³-hybridized carbons (Fsp3) is 0.462. The first-order valence-corrected chi connectivity index (χ1v) is 5.91. The zero-order valence-electron chi connectivity index (χ0n) is 9.76. The number of hydrogen-bond donors (Lipinski definition) is 1. The van der Waals surface area contributed by atoms with Gasteiger partial charge in [0.2, 0.25) is 0 Å². The Balaban J connectivity index is 2.22. The average Bonchev–Trinajstić information content (AvgIpc) is 2.80. The molecule has 1 fully saturated rings. The monoisotopic (exact) mass is 217 g/mol. The largest absolute Gasteiger partial charge is 0.356 e. The summed E-state index contributed by atoms with van der Waals surface area (Å²) in [5.74, 6) is 1.09. The van der Waals surface area contributed by atoms with Gasteiger partial charge >= 0.3 is 0 Å². The smallest absolute Gasteiger partial charge is 0.135 e. The first-order chi connectivity index (χ1) is 7.77. The van der Waals surface area contributed by atoms with E-state index in [1.807, 2.05) is 25.3 Å². The second-order valence-corrected chi connectivity index (χ2v) is 4.33. The predicted octanol–water partition coefficient (Wildman–Crippen LogP) is 2.04. The lowest BCUT2D eigenvalue weighted by molar-refractivity contribution is 0.925. The van der Waals surface area contributed by atoms with Crippen molar-refractivity contribution in [2.45, 2.75) is 25.8 Å². The van der Waals surface area contributed by atoms with Crippen LogP contribution >= 0.6 is 0 Å². The number of hydrogen-bond acceptors (Lipinski definition) is 3. The Hall–Kier alpha value is -1.35. The van der Waals surface area contributed by atoms with Crippen LogP contribution in [0.2, 0.25) is 0 Å². The molecule has 1 unspecified atom stereocenters. The Morgan fingerprint density at radius 1 is 1.44 bits per heavy atom. The van der Waals surface area contributed by atoms with Gasteiger partial charge < -0.3 is 10.6 Å². The van der Waals surface area contributed by atoms with Gasteiger partial charge in [0.15, 0.2) is 0 Å². The maximum absolute atomic E-state index is 5.72. The summed E-state index contributed by atoms with van der Waals surface area (Å²) in [4.78, 5) is 6.82. The van der Waals surface area contributed by atoms with Crippen molar-refractivity contribution in [1.29, 1.82) is 0 Å². The van der Waals surface area contributed by atoms with Crippen LogP contribution in [0.1, 0.15) is 25.3 Å². The molecule has 1 aliphatic heterocycles. The van der Waals surface area contributed by atoms with E-state index < -0.39 is 0 Å². The van der Waals surface area contributed by atoms with E-state index in [1.165, 1.54) is 18.4 Å². The standard InChI is InChI=1S/C13H19N3/c1-11(14)6-7-12-5-4-8-15-13(12)16-9-2-3-10-16/h4-8,11H,2-3,9-10,14H2,1H3/b7-6+. The van der Waals surface area contributed by atoms with Crippen LogP contribution in [0.5, 0.6) is 0 Å². The number of rotatable bonds is 3. The van der Waals surface area contributed by atoms with Crippen molar-refractivity contribution in [1.82, 2.24) is 4.98 Å². The van der Waals surface area contributed by atoms with E-state index >= 15 is 0 Å². The summed E-state index contributed by atoms with van der Waals surface area (Å²) in [5, 5.41) is 0. The summed E-state index contributed by atoms with van der Waals surface area (Å²) < 4.78 is 0. The molecule has 3 heteroatoms. The van der Waals surface area contributed by atoms with Crippen LogP contribution in [0.25, 0.3) is 6.08 Å². The summed E-state index contributed by atoms with van der Waals surface area (Å²) in [6.07, 6.45) is 8.48. The summed E-state index contributed by atoms with van der Waals surface area (Å²) in [7, 11) is 0. The lowest BCUT2D eigenvalue weighted by Crippen LogP contribution is -2.20. The molecule has 2 rings (SSSR count). The minimum Gasteiger partial charge on any atom is -0.356 e. The number of anilines is 1. The lowest BCUT2D eigenvalue weighted by Gasteiger charge is -2.18. The maximum Gasteiger partial charge on any atom is 0.135 e. The zero-order valence-corrected chi connectivity index (χ0v) is 9.76. The fourth-order valence-electron chi connectivity index (χ4n) is 1.99. The van der Waals surface area contributed by atoms with Crippen LogP contribution in [-0.2, 0) is 0 Å². The Labute approximate surface area is 97.0 Å². The highest BCUT2D eigenvalue weighted by molar-refractivity contribution is 5.64. The Morgan fingerprint density at radius 3 is 2.88 bits per heavy atom. The van der Waals surface area contributed by atoms with Crippen molar-refractivity contribution in [3.8, 4) is 0 Å².